The lowest BCUT2D eigenvalue weighted by Gasteiger charge is -2.37. The Labute approximate surface area is 216 Å². The molecule has 0 saturated carbocycles. The van der Waals surface area contributed by atoms with E-state index in [-0.39, 0.29) is 24.3 Å². The highest BCUT2D eigenvalue weighted by Crippen LogP contribution is 2.45. The highest BCUT2D eigenvalue weighted by atomic mass is 32.2. The minimum absolute atomic E-state index is 0.0244. The summed E-state index contributed by atoms with van der Waals surface area (Å²) in [5.74, 6) is -0.418. The first-order chi connectivity index (χ1) is 17.5. The molecule has 2 aromatic carbocycles. The standard InChI is InChI=1S/C29H31N3O3S/c1-4-23-26(28(34)35-3)27(20-12-7-9-18(2)15-20)32-21(17-36-29(32)31-23)16-25(33)30-24-14-8-11-19-10-5-6-13-22(19)24/h5-7,9-10,12-13,15,17,24,27H,4,8,11,14,16H2,1-3H3,(H,30,33)/t24-,27-/m1/s1. The van der Waals surface area contributed by atoms with Crippen molar-refractivity contribution < 1.29 is 14.3 Å². The summed E-state index contributed by atoms with van der Waals surface area (Å²) in [6, 6.07) is 16.1. The Morgan fingerprint density at radius 2 is 2.03 bits per heavy atom. The number of allylic oxidation sites excluding steroid dienone is 1. The molecule has 186 valence electrons. The molecule has 0 bridgehead atoms. The molecule has 0 aromatic heterocycles. The molecule has 5 rings (SSSR count). The van der Waals surface area contributed by atoms with Crippen molar-refractivity contribution in [3.63, 3.8) is 0 Å². The number of amidine groups is 1. The third kappa shape index (κ3) is 4.60. The van der Waals surface area contributed by atoms with E-state index in [0.717, 1.165) is 47.0 Å². The Morgan fingerprint density at radius 1 is 1.19 bits per heavy atom. The summed E-state index contributed by atoms with van der Waals surface area (Å²) in [7, 11) is 1.40. The number of benzene rings is 2. The second-order valence-electron chi connectivity index (χ2n) is 9.40. The average molecular weight is 502 g/mol. The van der Waals surface area contributed by atoms with Gasteiger partial charge < -0.3 is 15.0 Å². The number of nitrogens with zero attached hydrogens (tertiary/aromatic N) is 2. The van der Waals surface area contributed by atoms with Crippen molar-refractivity contribution >= 4 is 28.8 Å². The maximum atomic E-state index is 13.3. The molecule has 3 aliphatic rings. The van der Waals surface area contributed by atoms with Gasteiger partial charge in [-0.2, -0.15) is 0 Å². The topological polar surface area (TPSA) is 71.0 Å². The number of carbonyl (C=O) groups is 2. The molecule has 2 heterocycles. The van der Waals surface area contributed by atoms with E-state index in [1.807, 2.05) is 48.4 Å². The number of esters is 1. The molecule has 0 fully saturated rings. The van der Waals surface area contributed by atoms with E-state index in [9.17, 15) is 9.59 Å². The number of aliphatic imine (C=N–C) groups is 1. The largest absolute Gasteiger partial charge is 0.466 e. The number of carbonyl (C=O) groups excluding carboxylic acids is 2. The van der Waals surface area contributed by atoms with Crippen LogP contribution in [0.4, 0.5) is 0 Å². The fourth-order valence-corrected chi connectivity index (χ4v) is 6.32. The van der Waals surface area contributed by atoms with Crippen LogP contribution in [0, 0.1) is 6.92 Å². The van der Waals surface area contributed by atoms with Gasteiger partial charge in [0.05, 0.1) is 36.9 Å². The van der Waals surface area contributed by atoms with Crippen molar-refractivity contribution in [3.05, 3.63) is 93.2 Å². The minimum Gasteiger partial charge on any atom is -0.466 e. The molecule has 0 radical (unpaired) electrons. The second kappa shape index (κ2) is 10.3. The van der Waals surface area contributed by atoms with Gasteiger partial charge in [0.15, 0.2) is 5.17 Å². The molecule has 2 aliphatic heterocycles. The lowest BCUT2D eigenvalue weighted by atomic mass is 9.87. The van der Waals surface area contributed by atoms with Gasteiger partial charge in [0.1, 0.15) is 0 Å². The number of hydrogen-bond donors (Lipinski definition) is 1. The summed E-state index contributed by atoms with van der Waals surface area (Å²) < 4.78 is 5.20. The normalized spacial score (nSPS) is 20.8. The van der Waals surface area contributed by atoms with Crippen molar-refractivity contribution in [1.82, 2.24) is 10.2 Å². The van der Waals surface area contributed by atoms with Gasteiger partial charge in [0, 0.05) is 5.70 Å². The Hall–Kier alpha value is -3.32. The summed E-state index contributed by atoms with van der Waals surface area (Å²) >= 11 is 1.50. The summed E-state index contributed by atoms with van der Waals surface area (Å²) in [4.78, 5) is 33.2. The van der Waals surface area contributed by atoms with Crippen LogP contribution in [0.1, 0.15) is 66.9 Å². The molecule has 1 amide bonds. The monoisotopic (exact) mass is 501 g/mol. The average Bonchev–Trinajstić information content (AvgIpc) is 3.29. The van der Waals surface area contributed by atoms with Gasteiger partial charge in [-0.05, 0) is 54.7 Å². The van der Waals surface area contributed by atoms with Gasteiger partial charge in [-0.3, -0.25) is 4.79 Å². The first kappa shape index (κ1) is 24.4. The number of fused-ring (bicyclic) bond motifs is 2. The predicted molar refractivity (Wildman–Crippen MR) is 143 cm³/mol. The smallest absolute Gasteiger partial charge is 0.338 e. The third-order valence-electron chi connectivity index (χ3n) is 7.03. The predicted octanol–water partition coefficient (Wildman–Crippen LogP) is 5.72. The van der Waals surface area contributed by atoms with Crippen LogP contribution in [0.15, 0.2) is 75.9 Å². The minimum atomic E-state index is -0.399. The maximum Gasteiger partial charge on any atom is 0.338 e. The van der Waals surface area contributed by atoms with E-state index >= 15 is 0 Å². The van der Waals surface area contributed by atoms with E-state index in [0.29, 0.717) is 12.0 Å². The van der Waals surface area contributed by atoms with Crippen LogP contribution in [-0.2, 0) is 20.7 Å². The second-order valence-corrected chi connectivity index (χ2v) is 10.2. The number of rotatable bonds is 6. The van der Waals surface area contributed by atoms with Gasteiger partial charge in [-0.15, -0.1) is 0 Å². The number of hydrogen-bond acceptors (Lipinski definition) is 6. The molecule has 1 N–H and O–H groups in total. The summed E-state index contributed by atoms with van der Waals surface area (Å²) in [5.41, 5.74) is 6.70. The first-order valence-corrected chi connectivity index (χ1v) is 13.4. The van der Waals surface area contributed by atoms with Crippen molar-refractivity contribution in [3.8, 4) is 0 Å². The Morgan fingerprint density at radius 3 is 2.81 bits per heavy atom. The van der Waals surface area contributed by atoms with Crippen LogP contribution < -0.4 is 5.32 Å². The Balaban J connectivity index is 1.44. The van der Waals surface area contributed by atoms with Crippen LogP contribution in [0.5, 0.6) is 0 Å². The molecular formula is C29H31N3O3S. The zero-order valence-electron chi connectivity index (χ0n) is 20.9. The van der Waals surface area contributed by atoms with E-state index in [1.165, 1.54) is 30.0 Å². The Bertz CT molecular complexity index is 1300. The first-order valence-electron chi connectivity index (χ1n) is 12.5. The van der Waals surface area contributed by atoms with Gasteiger partial charge >= 0.3 is 5.97 Å². The molecule has 2 aromatic rings. The summed E-state index contributed by atoms with van der Waals surface area (Å²) in [6.07, 6.45) is 3.88. The molecule has 0 saturated heterocycles. The van der Waals surface area contributed by atoms with E-state index in [4.69, 9.17) is 9.73 Å². The van der Waals surface area contributed by atoms with Crippen LogP contribution in [0.2, 0.25) is 0 Å². The fraction of sp³-hybridized carbons (Fsp3) is 0.345. The number of aryl methyl sites for hydroxylation is 2. The molecule has 1 aliphatic carbocycles. The van der Waals surface area contributed by atoms with Gasteiger partial charge in [0.25, 0.3) is 0 Å². The van der Waals surface area contributed by atoms with Crippen LogP contribution in [-0.4, -0.2) is 29.1 Å². The van der Waals surface area contributed by atoms with Gasteiger partial charge in [0.2, 0.25) is 5.91 Å². The molecule has 0 unspecified atom stereocenters. The Kier molecular flexibility index (Phi) is 7.01. The van der Waals surface area contributed by atoms with Gasteiger partial charge in [-0.25, -0.2) is 9.79 Å². The number of ether oxygens (including phenoxy) is 1. The van der Waals surface area contributed by atoms with Crippen molar-refractivity contribution in [2.45, 2.75) is 58.0 Å². The highest BCUT2D eigenvalue weighted by Gasteiger charge is 2.41. The van der Waals surface area contributed by atoms with Gasteiger partial charge in [-0.1, -0.05) is 72.8 Å². The summed E-state index contributed by atoms with van der Waals surface area (Å²) in [6.45, 7) is 4.03. The SMILES string of the molecule is CCC1=C(C(=O)OC)[C@@H](c2cccc(C)c2)N2C(CC(=O)N[C@@H]3CCCc4ccccc43)=CSC2=N1. The lowest BCUT2D eigenvalue weighted by molar-refractivity contribution is -0.136. The van der Waals surface area contributed by atoms with E-state index in [1.54, 1.807) is 0 Å². The van der Waals surface area contributed by atoms with E-state index < -0.39 is 6.04 Å². The van der Waals surface area contributed by atoms with Crippen molar-refractivity contribution in [2.24, 2.45) is 4.99 Å². The molecule has 0 spiro atoms. The zero-order chi connectivity index (χ0) is 25.2. The number of nitrogens with one attached hydrogen (secondary N) is 1. The van der Waals surface area contributed by atoms with Crippen LogP contribution in [0.25, 0.3) is 0 Å². The maximum absolute atomic E-state index is 13.3. The lowest BCUT2D eigenvalue weighted by Crippen LogP contribution is -2.38. The molecular weight excluding hydrogens is 470 g/mol. The highest BCUT2D eigenvalue weighted by molar-refractivity contribution is 8.16. The molecule has 36 heavy (non-hydrogen) atoms. The molecule has 6 nitrogen and oxygen atoms in total. The molecule has 2 atom stereocenters. The van der Waals surface area contributed by atoms with Crippen LogP contribution in [0.3, 0.4) is 0 Å². The quantitative estimate of drug-likeness (QED) is 0.513. The molecule has 7 heteroatoms. The summed E-state index contributed by atoms with van der Waals surface area (Å²) in [5, 5.41) is 6.05. The zero-order valence-corrected chi connectivity index (χ0v) is 21.7. The fourth-order valence-electron chi connectivity index (χ4n) is 5.38. The van der Waals surface area contributed by atoms with Crippen molar-refractivity contribution in [2.75, 3.05) is 7.11 Å². The van der Waals surface area contributed by atoms with Crippen molar-refractivity contribution in [1.29, 1.82) is 0 Å². The van der Waals surface area contributed by atoms with Crippen LogP contribution >= 0.6 is 11.8 Å². The number of thioether (sulfide) groups is 1. The van der Waals surface area contributed by atoms with E-state index in [2.05, 4.69) is 29.6 Å². The number of methoxy groups -OCH3 is 1. The third-order valence-corrected chi connectivity index (χ3v) is 7.92. The number of amides is 1.